The van der Waals surface area contributed by atoms with Gasteiger partial charge in [-0.05, 0) is 22.9 Å². The minimum atomic E-state index is -0.360. The Morgan fingerprint density at radius 3 is 3.07 bits per heavy atom. The van der Waals surface area contributed by atoms with Crippen LogP contribution in [-0.4, -0.2) is 29.1 Å². The minimum Gasteiger partial charge on any atom is -0.465 e. The summed E-state index contributed by atoms with van der Waals surface area (Å²) in [6.07, 6.45) is 1.49. The van der Waals surface area contributed by atoms with E-state index >= 15 is 0 Å². The molecule has 6 nitrogen and oxygen atoms in total. The lowest BCUT2D eigenvalue weighted by molar-refractivity contribution is -0.140. The van der Waals surface area contributed by atoms with E-state index in [-0.39, 0.29) is 18.3 Å². The Morgan fingerprint density at radius 2 is 2.47 bits per heavy atom. The molecule has 0 fully saturated rings. The van der Waals surface area contributed by atoms with Gasteiger partial charge in [0, 0.05) is 0 Å². The molecule has 0 saturated carbocycles. The molecular weight excluding hydrogens is 264 g/mol. The van der Waals surface area contributed by atoms with Crippen molar-refractivity contribution in [2.45, 2.75) is 6.92 Å². The number of nitrogens with one attached hydrogen (secondary N) is 1. The van der Waals surface area contributed by atoms with Crippen LogP contribution in [0.2, 0.25) is 0 Å². The van der Waals surface area contributed by atoms with Crippen molar-refractivity contribution < 1.29 is 9.53 Å². The third-order valence-corrected chi connectivity index (χ3v) is 1.86. The van der Waals surface area contributed by atoms with Gasteiger partial charge in [0.15, 0.2) is 11.6 Å². The molecule has 1 aromatic rings. The molecule has 1 heterocycles. The number of ether oxygens (including phenoxy) is 1. The second kappa shape index (κ2) is 5.50. The molecule has 0 bridgehead atoms. The lowest BCUT2D eigenvalue weighted by Crippen LogP contribution is -2.18. The highest BCUT2D eigenvalue weighted by molar-refractivity contribution is 9.10. The fraction of sp³-hybridized carbons (Fsp3) is 0.375. The second-order valence-corrected chi connectivity index (χ2v) is 3.40. The Kier molecular flexibility index (Phi) is 4.29. The summed E-state index contributed by atoms with van der Waals surface area (Å²) in [6.45, 7) is 2.11. The minimum absolute atomic E-state index is 0.0222. The Hall–Kier alpha value is -1.37. The molecule has 7 heteroatoms. The van der Waals surface area contributed by atoms with Crippen LogP contribution < -0.4 is 11.1 Å². The molecular formula is C8H11BrN4O2. The smallest absolute Gasteiger partial charge is 0.325 e. The van der Waals surface area contributed by atoms with Gasteiger partial charge in [-0.2, -0.15) is 0 Å². The number of carbonyl (C=O) groups excluding carboxylic acids is 1. The quantitative estimate of drug-likeness (QED) is 0.790. The monoisotopic (exact) mass is 274 g/mol. The van der Waals surface area contributed by atoms with Gasteiger partial charge >= 0.3 is 5.97 Å². The van der Waals surface area contributed by atoms with E-state index in [9.17, 15) is 4.79 Å². The Balaban J connectivity index is 2.54. The molecule has 0 radical (unpaired) electrons. The SMILES string of the molecule is CCOC(=O)CNc1ncc(Br)nc1N. The zero-order chi connectivity index (χ0) is 11.3. The highest BCUT2D eigenvalue weighted by atomic mass is 79.9. The number of carbonyl (C=O) groups is 1. The first-order chi connectivity index (χ1) is 7.13. The van der Waals surface area contributed by atoms with Gasteiger partial charge in [0.2, 0.25) is 0 Å². The molecule has 1 rings (SSSR count). The molecule has 0 aromatic carbocycles. The van der Waals surface area contributed by atoms with Gasteiger partial charge in [-0.25, -0.2) is 9.97 Å². The van der Waals surface area contributed by atoms with Crippen LogP contribution in [-0.2, 0) is 9.53 Å². The molecule has 0 amide bonds. The van der Waals surface area contributed by atoms with Crippen molar-refractivity contribution in [1.82, 2.24) is 9.97 Å². The van der Waals surface area contributed by atoms with E-state index in [1.54, 1.807) is 6.92 Å². The van der Waals surface area contributed by atoms with Crippen LogP contribution in [0, 0.1) is 0 Å². The lowest BCUT2D eigenvalue weighted by Gasteiger charge is -2.06. The largest absolute Gasteiger partial charge is 0.465 e. The summed E-state index contributed by atoms with van der Waals surface area (Å²) < 4.78 is 5.27. The van der Waals surface area contributed by atoms with Crippen molar-refractivity contribution in [3.8, 4) is 0 Å². The van der Waals surface area contributed by atoms with Crippen molar-refractivity contribution in [2.24, 2.45) is 0 Å². The number of aromatic nitrogens is 2. The van der Waals surface area contributed by atoms with E-state index in [0.29, 0.717) is 17.0 Å². The normalized spacial score (nSPS) is 9.73. The van der Waals surface area contributed by atoms with E-state index < -0.39 is 0 Å². The first kappa shape index (κ1) is 11.7. The van der Waals surface area contributed by atoms with Gasteiger partial charge < -0.3 is 15.8 Å². The Bertz CT molecular complexity index is 358. The zero-order valence-electron chi connectivity index (χ0n) is 8.16. The summed E-state index contributed by atoms with van der Waals surface area (Å²) in [5, 5.41) is 2.73. The van der Waals surface area contributed by atoms with Crippen LogP contribution in [0.15, 0.2) is 10.8 Å². The maximum absolute atomic E-state index is 11.0. The molecule has 0 atom stereocenters. The molecule has 0 aliphatic carbocycles. The number of hydrogen-bond acceptors (Lipinski definition) is 6. The number of nitrogens with zero attached hydrogens (tertiary/aromatic N) is 2. The Morgan fingerprint density at radius 1 is 1.73 bits per heavy atom. The first-order valence-electron chi connectivity index (χ1n) is 4.31. The number of rotatable bonds is 4. The van der Waals surface area contributed by atoms with E-state index in [1.807, 2.05) is 0 Å². The number of hydrogen-bond donors (Lipinski definition) is 2. The van der Waals surface area contributed by atoms with E-state index in [1.165, 1.54) is 6.20 Å². The summed E-state index contributed by atoms with van der Waals surface area (Å²) in [7, 11) is 0. The number of anilines is 2. The van der Waals surface area contributed by atoms with E-state index in [2.05, 4.69) is 31.2 Å². The molecule has 0 saturated heterocycles. The molecule has 0 aliphatic rings. The van der Waals surface area contributed by atoms with E-state index in [0.717, 1.165) is 0 Å². The molecule has 15 heavy (non-hydrogen) atoms. The number of nitrogens with two attached hydrogens (primary N) is 1. The maximum atomic E-state index is 11.0. The third-order valence-electron chi connectivity index (χ3n) is 1.48. The molecule has 0 spiro atoms. The van der Waals surface area contributed by atoms with Crippen molar-refractivity contribution in [2.75, 3.05) is 24.2 Å². The molecule has 82 valence electrons. The standard InChI is InChI=1S/C8H11BrN4O2/c1-2-15-6(14)4-12-8-7(10)13-5(9)3-11-8/h3H,2,4H2,1H3,(H2,10,13)(H,11,12). The van der Waals surface area contributed by atoms with Gasteiger partial charge in [0.1, 0.15) is 11.1 Å². The molecule has 1 aromatic heterocycles. The predicted molar refractivity (Wildman–Crippen MR) is 59.3 cm³/mol. The number of esters is 1. The highest BCUT2D eigenvalue weighted by Gasteiger charge is 2.05. The van der Waals surface area contributed by atoms with Crippen LogP contribution in [0.5, 0.6) is 0 Å². The summed E-state index contributed by atoms with van der Waals surface area (Å²) in [6, 6.07) is 0. The van der Waals surface area contributed by atoms with Crippen molar-refractivity contribution in [3.63, 3.8) is 0 Å². The van der Waals surface area contributed by atoms with Crippen LogP contribution in [0.25, 0.3) is 0 Å². The average Bonchev–Trinajstić information content (AvgIpc) is 2.17. The van der Waals surface area contributed by atoms with Gasteiger partial charge in [0.25, 0.3) is 0 Å². The van der Waals surface area contributed by atoms with Gasteiger partial charge in [-0.15, -0.1) is 0 Å². The summed E-state index contributed by atoms with van der Waals surface area (Å²) in [5.74, 6) is 0.238. The molecule has 3 N–H and O–H groups in total. The fourth-order valence-electron chi connectivity index (χ4n) is 0.885. The molecule has 0 aliphatic heterocycles. The highest BCUT2D eigenvalue weighted by Crippen LogP contribution is 2.14. The third kappa shape index (κ3) is 3.70. The summed E-state index contributed by atoms with van der Waals surface area (Å²) in [5.41, 5.74) is 5.56. The second-order valence-electron chi connectivity index (χ2n) is 2.59. The maximum Gasteiger partial charge on any atom is 0.325 e. The number of nitrogen functional groups attached to an aromatic ring is 1. The Labute approximate surface area is 95.4 Å². The van der Waals surface area contributed by atoms with E-state index in [4.69, 9.17) is 10.5 Å². The number of halogens is 1. The van der Waals surface area contributed by atoms with Crippen molar-refractivity contribution >= 4 is 33.5 Å². The van der Waals surface area contributed by atoms with Gasteiger partial charge in [-0.3, -0.25) is 4.79 Å². The van der Waals surface area contributed by atoms with Crippen LogP contribution in [0.4, 0.5) is 11.6 Å². The van der Waals surface area contributed by atoms with Crippen molar-refractivity contribution in [3.05, 3.63) is 10.8 Å². The summed E-state index contributed by atoms with van der Waals surface area (Å²) in [4.78, 5) is 18.9. The van der Waals surface area contributed by atoms with Gasteiger partial charge in [0.05, 0.1) is 12.8 Å². The lowest BCUT2D eigenvalue weighted by atomic mass is 10.5. The van der Waals surface area contributed by atoms with Crippen LogP contribution in [0.1, 0.15) is 6.92 Å². The zero-order valence-corrected chi connectivity index (χ0v) is 9.74. The average molecular weight is 275 g/mol. The molecule has 0 unspecified atom stereocenters. The summed E-state index contributed by atoms with van der Waals surface area (Å²) >= 11 is 3.13. The fourth-order valence-corrected chi connectivity index (χ4v) is 1.18. The van der Waals surface area contributed by atoms with Crippen LogP contribution >= 0.6 is 15.9 Å². The van der Waals surface area contributed by atoms with Crippen LogP contribution in [0.3, 0.4) is 0 Å². The topological polar surface area (TPSA) is 90.1 Å². The first-order valence-corrected chi connectivity index (χ1v) is 5.10. The van der Waals surface area contributed by atoms with Gasteiger partial charge in [-0.1, -0.05) is 0 Å². The van der Waals surface area contributed by atoms with Crippen molar-refractivity contribution in [1.29, 1.82) is 0 Å². The predicted octanol–water partition coefficient (Wildman–Crippen LogP) is 0.796.